The van der Waals surface area contributed by atoms with E-state index >= 15 is 0 Å². The van der Waals surface area contributed by atoms with Gasteiger partial charge in [0.15, 0.2) is 0 Å². The summed E-state index contributed by atoms with van der Waals surface area (Å²) >= 11 is 0. The molecule has 120 valence electrons. The van der Waals surface area contributed by atoms with Gasteiger partial charge < -0.3 is 10.7 Å². The molecular formula is C18H27N3O. The second kappa shape index (κ2) is 6.29. The van der Waals surface area contributed by atoms with Crippen LogP contribution in [0.15, 0.2) is 12.1 Å². The molecule has 4 heteroatoms. The number of hydrogen-bond donors (Lipinski definition) is 1. The summed E-state index contributed by atoms with van der Waals surface area (Å²) in [5.41, 5.74) is 10.3. The number of carbonyl (C=O) groups excluding carboxylic acids is 1. The molecule has 0 fully saturated rings. The number of anilines is 1. The number of benzene rings is 1. The van der Waals surface area contributed by atoms with Crippen LogP contribution in [0.2, 0.25) is 0 Å². The van der Waals surface area contributed by atoms with Gasteiger partial charge in [0, 0.05) is 31.1 Å². The van der Waals surface area contributed by atoms with E-state index in [9.17, 15) is 4.79 Å². The van der Waals surface area contributed by atoms with Gasteiger partial charge in [-0.05, 0) is 55.4 Å². The van der Waals surface area contributed by atoms with E-state index in [0.717, 1.165) is 50.9 Å². The van der Waals surface area contributed by atoms with Gasteiger partial charge in [0.25, 0.3) is 0 Å². The number of primary amides is 1. The minimum Gasteiger partial charge on any atom is -0.366 e. The minimum atomic E-state index is -0.282. The molecule has 2 N–H and O–H groups in total. The van der Waals surface area contributed by atoms with E-state index in [1.165, 1.54) is 23.2 Å². The zero-order valence-corrected chi connectivity index (χ0v) is 13.8. The van der Waals surface area contributed by atoms with Crippen molar-refractivity contribution in [1.29, 1.82) is 0 Å². The Kier molecular flexibility index (Phi) is 4.39. The van der Waals surface area contributed by atoms with Crippen LogP contribution >= 0.6 is 0 Å². The highest BCUT2D eigenvalue weighted by Crippen LogP contribution is 2.46. The maximum absolute atomic E-state index is 11.7. The Morgan fingerprint density at radius 1 is 1.32 bits per heavy atom. The fourth-order valence-corrected chi connectivity index (χ4v) is 4.13. The molecule has 0 saturated heterocycles. The first kappa shape index (κ1) is 15.3. The third kappa shape index (κ3) is 2.50. The van der Waals surface area contributed by atoms with Gasteiger partial charge in [-0.2, -0.15) is 0 Å². The average Bonchev–Trinajstić information content (AvgIpc) is 2.88. The monoisotopic (exact) mass is 301 g/mol. The summed E-state index contributed by atoms with van der Waals surface area (Å²) in [6, 6.07) is 4.05. The van der Waals surface area contributed by atoms with Crippen LogP contribution in [0.4, 0.5) is 5.69 Å². The largest absolute Gasteiger partial charge is 0.366 e. The zero-order valence-electron chi connectivity index (χ0n) is 13.8. The summed E-state index contributed by atoms with van der Waals surface area (Å²) in [6.45, 7) is 7.71. The molecule has 4 nitrogen and oxygen atoms in total. The van der Waals surface area contributed by atoms with Crippen molar-refractivity contribution >= 4 is 11.6 Å². The second-order valence-electron chi connectivity index (χ2n) is 6.51. The number of hydrogen-bond acceptors (Lipinski definition) is 3. The Bertz CT molecular complexity index is 564. The van der Waals surface area contributed by atoms with Gasteiger partial charge in [-0.15, -0.1) is 0 Å². The first-order valence-corrected chi connectivity index (χ1v) is 8.65. The maximum Gasteiger partial charge on any atom is 0.248 e. The average molecular weight is 301 g/mol. The molecule has 1 aromatic carbocycles. The number of rotatable bonds is 6. The van der Waals surface area contributed by atoms with E-state index in [0.29, 0.717) is 5.92 Å². The Hall–Kier alpha value is -1.55. The van der Waals surface area contributed by atoms with Crippen LogP contribution in [0.5, 0.6) is 0 Å². The standard InChI is InChI=1S/C18H27N3O/c1-3-10-20(11-4-2)21-12-13-6-5-7-14-15(18(19)22)8-9-16(21)17(13)14/h8-9,13H,3-7,10-12H2,1-2H3,(H2,19,22). The van der Waals surface area contributed by atoms with E-state index in [2.05, 4.69) is 29.9 Å². The van der Waals surface area contributed by atoms with E-state index in [4.69, 9.17) is 5.73 Å². The summed E-state index contributed by atoms with van der Waals surface area (Å²) in [5.74, 6) is 0.283. The predicted molar refractivity (Wildman–Crippen MR) is 90.1 cm³/mol. The van der Waals surface area contributed by atoms with Gasteiger partial charge in [-0.25, -0.2) is 5.01 Å². The SMILES string of the molecule is CCCN(CCC)N1CC2CCCc3c(C(N)=O)ccc1c32. The molecule has 0 aromatic heterocycles. The molecule has 1 aliphatic heterocycles. The molecule has 1 amide bonds. The predicted octanol–water partition coefficient (Wildman–Crippen LogP) is 3.06. The molecule has 0 radical (unpaired) electrons. The molecule has 1 aromatic rings. The number of amides is 1. The van der Waals surface area contributed by atoms with Crippen molar-refractivity contribution < 1.29 is 4.79 Å². The molecule has 0 spiro atoms. The van der Waals surface area contributed by atoms with Crippen molar-refractivity contribution in [3.8, 4) is 0 Å². The number of carbonyl (C=O) groups is 1. The summed E-state index contributed by atoms with van der Waals surface area (Å²) < 4.78 is 0. The van der Waals surface area contributed by atoms with E-state index < -0.39 is 0 Å². The molecule has 2 aliphatic rings. The fraction of sp³-hybridized carbons (Fsp3) is 0.611. The Morgan fingerprint density at radius 2 is 2.05 bits per heavy atom. The Morgan fingerprint density at radius 3 is 2.68 bits per heavy atom. The van der Waals surface area contributed by atoms with E-state index in [1.807, 2.05) is 6.07 Å². The van der Waals surface area contributed by atoms with Gasteiger partial charge in [-0.1, -0.05) is 13.8 Å². The van der Waals surface area contributed by atoms with Crippen molar-refractivity contribution in [3.63, 3.8) is 0 Å². The lowest BCUT2D eigenvalue weighted by Crippen LogP contribution is -2.43. The van der Waals surface area contributed by atoms with E-state index in [-0.39, 0.29) is 5.91 Å². The molecule has 0 bridgehead atoms. The van der Waals surface area contributed by atoms with Gasteiger partial charge in [0.1, 0.15) is 0 Å². The number of nitrogens with zero attached hydrogens (tertiary/aromatic N) is 2. The molecular weight excluding hydrogens is 274 g/mol. The second-order valence-corrected chi connectivity index (χ2v) is 6.51. The maximum atomic E-state index is 11.7. The summed E-state index contributed by atoms with van der Waals surface area (Å²) in [6.07, 6.45) is 5.69. The molecule has 3 rings (SSSR count). The van der Waals surface area contributed by atoms with Crippen LogP contribution < -0.4 is 10.7 Å². The highest BCUT2D eigenvalue weighted by molar-refractivity contribution is 5.96. The number of hydrazine groups is 1. The van der Waals surface area contributed by atoms with Crippen molar-refractivity contribution in [1.82, 2.24) is 5.01 Å². The van der Waals surface area contributed by atoms with Crippen LogP contribution in [0, 0.1) is 0 Å². The van der Waals surface area contributed by atoms with Crippen LogP contribution in [-0.4, -0.2) is 30.6 Å². The van der Waals surface area contributed by atoms with Crippen molar-refractivity contribution in [2.75, 3.05) is 24.6 Å². The first-order chi connectivity index (χ1) is 10.7. The van der Waals surface area contributed by atoms with Crippen LogP contribution in [0.3, 0.4) is 0 Å². The van der Waals surface area contributed by atoms with Crippen molar-refractivity contribution in [3.05, 3.63) is 28.8 Å². The third-order valence-corrected chi connectivity index (χ3v) is 4.96. The zero-order chi connectivity index (χ0) is 15.7. The quantitative estimate of drug-likeness (QED) is 0.878. The number of nitrogens with two attached hydrogens (primary N) is 1. The summed E-state index contributed by atoms with van der Waals surface area (Å²) in [5, 5.41) is 4.95. The van der Waals surface area contributed by atoms with Crippen LogP contribution in [0.1, 0.15) is 66.9 Å². The lowest BCUT2D eigenvalue weighted by Gasteiger charge is -2.34. The summed E-state index contributed by atoms with van der Waals surface area (Å²) in [7, 11) is 0. The Labute approximate surface area is 133 Å². The van der Waals surface area contributed by atoms with Crippen LogP contribution in [0.25, 0.3) is 0 Å². The molecule has 0 saturated carbocycles. The van der Waals surface area contributed by atoms with Crippen molar-refractivity contribution in [2.45, 2.75) is 51.9 Å². The van der Waals surface area contributed by atoms with E-state index in [1.54, 1.807) is 0 Å². The topological polar surface area (TPSA) is 49.6 Å². The van der Waals surface area contributed by atoms with Gasteiger partial charge in [0.05, 0.1) is 5.69 Å². The normalized spacial score (nSPS) is 19.6. The lowest BCUT2D eigenvalue weighted by molar-refractivity contribution is 0.0999. The van der Waals surface area contributed by atoms with Crippen LogP contribution in [-0.2, 0) is 6.42 Å². The van der Waals surface area contributed by atoms with Crippen molar-refractivity contribution in [2.24, 2.45) is 5.73 Å². The highest BCUT2D eigenvalue weighted by atomic mass is 16.1. The third-order valence-electron chi connectivity index (χ3n) is 4.96. The fourth-order valence-electron chi connectivity index (χ4n) is 4.13. The molecule has 1 aliphatic carbocycles. The van der Waals surface area contributed by atoms with Gasteiger partial charge in [0.2, 0.25) is 5.91 Å². The molecule has 1 atom stereocenters. The van der Waals surface area contributed by atoms with Gasteiger partial charge in [-0.3, -0.25) is 4.79 Å². The highest BCUT2D eigenvalue weighted by Gasteiger charge is 2.36. The first-order valence-electron chi connectivity index (χ1n) is 8.65. The van der Waals surface area contributed by atoms with Gasteiger partial charge >= 0.3 is 0 Å². The lowest BCUT2D eigenvalue weighted by atomic mass is 9.81. The molecule has 22 heavy (non-hydrogen) atoms. The Balaban J connectivity index is 2.01. The smallest absolute Gasteiger partial charge is 0.248 e. The molecule has 1 unspecified atom stereocenters. The summed E-state index contributed by atoms with van der Waals surface area (Å²) in [4.78, 5) is 11.7. The minimum absolute atomic E-state index is 0.282. The molecule has 1 heterocycles.